The van der Waals surface area contributed by atoms with Crippen molar-refractivity contribution in [2.75, 3.05) is 0 Å². The Morgan fingerprint density at radius 2 is 1.37 bits per heavy atom. The molecule has 0 N–H and O–H groups in total. The third-order valence-corrected chi connectivity index (χ3v) is 4.84. The molecule has 134 valence electrons. The van der Waals surface area contributed by atoms with Crippen LogP contribution in [0.4, 0.5) is 0 Å². The highest BCUT2D eigenvalue weighted by Crippen LogP contribution is 2.38. The predicted octanol–water partition coefficient (Wildman–Crippen LogP) is 5.35. The molecule has 0 fully saturated rings. The molecule has 0 radical (unpaired) electrons. The molecule has 4 rings (SSSR count). The number of rotatable bonds is 4. The first-order chi connectivity index (χ1) is 13.2. The predicted molar refractivity (Wildman–Crippen MR) is 106 cm³/mol. The van der Waals surface area contributed by atoms with E-state index in [1.807, 2.05) is 97.9 Å². The number of carbonyl (C=O) groups excluding carboxylic acids is 1. The molecule has 3 heteroatoms. The van der Waals surface area contributed by atoms with Crippen molar-refractivity contribution in [3.8, 4) is 0 Å². The molecule has 0 unspecified atom stereocenters. The number of hydrogen-bond acceptors (Lipinski definition) is 2. The smallest absolute Gasteiger partial charge is 0.253 e. The molecule has 0 aromatic heterocycles. The van der Waals surface area contributed by atoms with Gasteiger partial charge >= 0.3 is 0 Å². The molecule has 1 aliphatic rings. The maximum absolute atomic E-state index is 13.1. The highest BCUT2D eigenvalue weighted by atomic mass is 16.5. The van der Waals surface area contributed by atoms with Crippen LogP contribution in [0.25, 0.3) is 5.76 Å². The number of nitrogens with zero attached hydrogens (tertiary/aromatic N) is 1. The molecule has 1 amide bonds. The van der Waals surface area contributed by atoms with Crippen LogP contribution in [0.5, 0.6) is 0 Å². The molecule has 0 saturated heterocycles. The Bertz CT molecular complexity index is 936. The van der Waals surface area contributed by atoms with E-state index in [4.69, 9.17) is 4.74 Å². The zero-order chi connectivity index (χ0) is 18.6. The molecule has 0 spiro atoms. The van der Waals surface area contributed by atoms with Crippen molar-refractivity contribution in [1.29, 1.82) is 0 Å². The van der Waals surface area contributed by atoms with E-state index in [9.17, 15) is 4.79 Å². The number of ether oxygens (including phenoxy) is 1. The van der Waals surface area contributed by atoms with Crippen LogP contribution < -0.4 is 0 Å². The fraction of sp³-hybridized carbons (Fsp3) is 0.125. The summed E-state index contributed by atoms with van der Waals surface area (Å²) >= 11 is 0. The molecule has 3 nitrogen and oxygen atoms in total. The Kier molecular flexibility index (Phi) is 4.75. The van der Waals surface area contributed by atoms with Gasteiger partial charge in [0.15, 0.2) is 0 Å². The van der Waals surface area contributed by atoms with Crippen LogP contribution in [0, 0.1) is 0 Å². The van der Waals surface area contributed by atoms with E-state index < -0.39 is 6.23 Å². The average molecular weight is 355 g/mol. The Morgan fingerprint density at radius 3 is 2.00 bits per heavy atom. The summed E-state index contributed by atoms with van der Waals surface area (Å²) in [4.78, 5) is 14.9. The Morgan fingerprint density at radius 1 is 0.815 bits per heavy atom. The van der Waals surface area contributed by atoms with Gasteiger partial charge in [0.25, 0.3) is 5.91 Å². The van der Waals surface area contributed by atoms with Crippen LogP contribution in [0.3, 0.4) is 0 Å². The molecule has 1 aliphatic heterocycles. The molecule has 27 heavy (non-hydrogen) atoms. The van der Waals surface area contributed by atoms with E-state index in [1.54, 1.807) is 11.0 Å². The normalized spacial score (nSPS) is 17.8. The van der Waals surface area contributed by atoms with E-state index in [2.05, 4.69) is 0 Å². The monoisotopic (exact) mass is 355 g/mol. The van der Waals surface area contributed by atoms with Crippen molar-refractivity contribution in [1.82, 2.24) is 4.90 Å². The molecule has 2 atom stereocenters. The van der Waals surface area contributed by atoms with Crippen LogP contribution in [0.1, 0.15) is 35.9 Å². The Hall–Kier alpha value is -3.33. The summed E-state index contributed by atoms with van der Waals surface area (Å²) in [5, 5.41) is 0. The van der Waals surface area contributed by atoms with Gasteiger partial charge in [0.2, 0.25) is 6.23 Å². The highest BCUT2D eigenvalue weighted by Gasteiger charge is 2.35. The second-order valence-corrected chi connectivity index (χ2v) is 6.59. The molecule has 3 aromatic carbocycles. The zero-order valence-corrected chi connectivity index (χ0v) is 15.2. The lowest BCUT2D eigenvalue weighted by Crippen LogP contribution is -2.40. The van der Waals surface area contributed by atoms with Crippen molar-refractivity contribution in [3.63, 3.8) is 0 Å². The quantitative estimate of drug-likeness (QED) is 0.632. The summed E-state index contributed by atoms with van der Waals surface area (Å²) in [6.45, 7) is 2.04. The van der Waals surface area contributed by atoms with E-state index in [-0.39, 0.29) is 11.9 Å². The van der Waals surface area contributed by atoms with E-state index in [1.165, 1.54) is 0 Å². The van der Waals surface area contributed by atoms with E-state index >= 15 is 0 Å². The standard InChI is InChI=1S/C24H21NO2/c1-18(19-11-5-2-6-12-19)25-23(26)17-22(20-13-7-3-8-14-20)27-24(25)21-15-9-4-10-16-21/h2-18,24H,1H3/t18-,24-/m0/s1. The fourth-order valence-corrected chi connectivity index (χ4v) is 3.40. The topological polar surface area (TPSA) is 29.5 Å². The van der Waals surface area contributed by atoms with Crippen molar-refractivity contribution in [3.05, 3.63) is 114 Å². The van der Waals surface area contributed by atoms with Crippen LogP contribution in [0.15, 0.2) is 97.1 Å². The SMILES string of the molecule is C[C@@H](c1ccccc1)N1C(=O)C=C(c2ccccc2)O[C@H]1c1ccccc1. The fourth-order valence-electron chi connectivity index (χ4n) is 3.40. The summed E-state index contributed by atoms with van der Waals surface area (Å²) in [5.41, 5.74) is 2.93. The first-order valence-electron chi connectivity index (χ1n) is 9.10. The van der Waals surface area contributed by atoms with Gasteiger partial charge in [-0.1, -0.05) is 91.0 Å². The maximum atomic E-state index is 13.1. The van der Waals surface area contributed by atoms with Crippen molar-refractivity contribution >= 4 is 11.7 Å². The van der Waals surface area contributed by atoms with Gasteiger partial charge in [-0.2, -0.15) is 0 Å². The summed E-state index contributed by atoms with van der Waals surface area (Å²) in [7, 11) is 0. The summed E-state index contributed by atoms with van der Waals surface area (Å²) < 4.78 is 6.35. The highest BCUT2D eigenvalue weighted by molar-refractivity contribution is 5.95. The Labute approximate surface area is 159 Å². The van der Waals surface area contributed by atoms with E-state index in [0.29, 0.717) is 5.76 Å². The second-order valence-electron chi connectivity index (χ2n) is 6.59. The molecule has 0 saturated carbocycles. The van der Waals surface area contributed by atoms with Gasteiger partial charge in [0.1, 0.15) is 5.76 Å². The average Bonchev–Trinajstić information content (AvgIpc) is 2.74. The lowest BCUT2D eigenvalue weighted by atomic mass is 10.0. The molecular formula is C24H21NO2. The van der Waals surface area contributed by atoms with Gasteiger partial charge in [0, 0.05) is 17.2 Å². The summed E-state index contributed by atoms with van der Waals surface area (Å²) in [6.07, 6.45) is 1.11. The number of benzene rings is 3. The zero-order valence-electron chi connectivity index (χ0n) is 15.2. The number of amides is 1. The molecule has 1 heterocycles. The first-order valence-corrected chi connectivity index (χ1v) is 9.10. The van der Waals surface area contributed by atoms with Crippen LogP contribution in [-0.2, 0) is 9.53 Å². The number of hydrogen-bond donors (Lipinski definition) is 0. The second kappa shape index (κ2) is 7.50. The van der Waals surface area contributed by atoms with Crippen molar-refractivity contribution in [2.45, 2.75) is 19.2 Å². The van der Waals surface area contributed by atoms with Gasteiger partial charge in [-0.25, -0.2) is 0 Å². The third kappa shape index (κ3) is 3.49. The van der Waals surface area contributed by atoms with Gasteiger partial charge in [0.05, 0.1) is 6.04 Å². The summed E-state index contributed by atoms with van der Waals surface area (Å²) in [5.74, 6) is 0.552. The Balaban J connectivity index is 1.76. The van der Waals surface area contributed by atoms with Crippen molar-refractivity contribution < 1.29 is 9.53 Å². The largest absolute Gasteiger partial charge is 0.465 e. The minimum Gasteiger partial charge on any atom is -0.465 e. The number of carbonyl (C=O) groups is 1. The summed E-state index contributed by atoms with van der Waals surface area (Å²) in [6, 6.07) is 29.6. The molecule has 3 aromatic rings. The van der Waals surface area contributed by atoms with Crippen LogP contribution in [-0.4, -0.2) is 10.8 Å². The lowest BCUT2D eigenvalue weighted by Gasteiger charge is -2.39. The third-order valence-electron chi connectivity index (χ3n) is 4.84. The van der Waals surface area contributed by atoms with E-state index in [0.717, 1.165) is 16.7 Å². The van der Waals surface area contributed by atoms with Gasteiger partial charge in [-0.3, -0.25) is 9.69 Å². The molecule has 0 aliphatic carbocycles. The molecule has 0 bridgehead atoms. The van der Waals surface area contributed by atoms with Crippen LogP contribution in [0.2, 0.25) is 0 Å². The molecular weight excluding hydrogens is 334 g/mol. The maximum Gasteiger partial charge on any atom is 0.253 e. The van der Waals surface area contributed by atoms with Gasteiger partial charge in [-0.15, -0.1) is 0 Å². The minimum atomic E-state index is -0.478. The van der Waals surface area contributed by atoms with Crippen molar-refractivity contribution in [2.24, 2.45) is 0 Å². The van der Waals surface area contributed by atoms with Gasteiger partial charge in [-0.05, 0) is 12.5 Å². The lowest BCUT2D eigenvalue weighted by molar-refractivity contribution is -0.143. The van der Waals surface area contributed by atoms with Gasteiger partial charge < -0.3 is 4.74 Å². The minimum absolute atomic E-state index is 0.0506. The van der Waals surface area contributed by atoms with Crippen LogP contribution >= 0.6 is 0 Å². The first kappa shape index (κ1) is 17.1.